The molecule has 0 aliphatic heterocycles. The van der Waals surface area contributed by atoms with Crippen molar-refractivity contribution in [1.82, 2.24) is 20.4 Å². The number of aromatic nitrogens is 3. The van der Waals surface area contributed by atoms with E-state index in [2.05, 4.69) is 20.4 Å². The first-order valence-corrected chi connectivity index (χ1v) is 11.1. The summed E-state index contributed by atoms with van der Waals surface area (Å²) in [5, 5.41) is 6.72. The summed E-state index contributed by atoms with van der Waals surface area (Å²) in [6, 6.07) is 5.88. The van der Waals surface area contributed by atoms with Crippen LogP contribution < -0.4 is 14.8 Å². The van der Waals surface area contributed by atoms with Crippen molar-refractivity contribution < 1.29 is 36.4 Å². The van der Waals surface area contributed by atoms with Gasteiger partial charge in [0.05, 0.1) is 16.6 Å². The van der Waals surface area contributed by atoms with E-state index in [9.17, 15) is 22.4 Å². The van der Waals surface area contributed by atoms with Crippen LogP contribution in [0.15, 0.2) is 41.1 Å². The molecule has 8 nitrogen and oxygen atoms in total. The van der Waals surface area contributed by atoms with Crippen LogP contribution in [0.2, 0.25) is 5.02 Å². The van der Waals surface area contributed by atoms with E-state index in [1.165, 1.54) is 12.1 Å². The van der Waals surface area contributed by atoms with Crippen molar-refractivity contribution in [3.05, 3.63) is 64.8 Å². The van der Waals surface area contributed by atoms with Crippen molar-refractivity contribution in [3.8, 4) is 11.5 Å². The van der Waals surface area contributed by atoms with E-state index < -0.39 is 28.6 Å². The van der Waals surface area contributed by atoms with E-state index in [4.69, 9.17) is 25.6 Å². The number of hydrogen-bond donors (Lipinski definition) is 1. The average Bonchev–Trinajstić information content (AvgIpc) is 3.27. The highest BCUT2D eigenvalue weighted by atomic mass is 35.5. The molecule has 36 heavy (non-hydrogen) atoms. The minimum atomic E-state index is -4.53. The molecule has 0 atom stereocenters. The van der Waals surface area contributed by atoms with Gasteiger partial charge in [0.15, 0.2) is 13.2 Å². The number of nitrogens with zero attached hydrogens (tertiary/aromatic N) is 3. The van der Waals surface area contributed by atoms with Gasteiger partial charge in [-0.15, -0.1) is 0 Å². The highest BCUT2D eigenvalue weighted by Gasteiger charge is 2.53. The number of rotatable bonds is 8. The summed E-state index contributed by atoms with van der Waals surface area (Å²) < 4.78 is 67.4. The Morgan fingerprint density at radius 2 is 1.89 bits per heavy atom. The van der Waals surface area contributed by atoms with Gasteiger partial charge in [-0.25, -0.2) is 9.37 Å². The van der Waals surface area contributed by atoms with Crippen molar-refractivity contribution in [3.63, 3.8) is 0 Å². The van der Waals surface area contributed by atoms with E-state index in [1.807, 2.05) is 13.8 Å². The zero-order valence-electron chi connectivity index (χ0n) is 19.2. The molecule has 2 aromatic heterocycles. The van der Waals surface area contributed by atoms with Gasteiger partial charge in [-0.05, 0) is 44.0 Å². The Bertz CT molecular complexity index is 1240. The number of carbonyl (C=O) groups is 1. The Morgan fingerprint density at radius 3 is 2.53 bits per heavy atom. The lowest BCUT2D eigenvalue weighted by molar-refractivity contribution is -0.141. The molecule has 192 valence electrons. The maximum Gasteiger partial charge on any atom is 0.433 e. The van der Waals surface area contributed by atoms with Crippen LogP contribution in [0.25, 0.3) is 0 Å². The molecule has 0 radical (unpaired) electrons. The van der Waals surface area contributed by atoms with E-state index in [0.29, 0.717) is 18.7 Å². The monoisotopic (exact) mass is 528 g/mol. The van der Waals surface area contributed by atoms with Crippen molar-refractivity contribution in [1.29, 1.82) is 0 Å². The summed E-state index contributed by atoms with van der Waals surface area (Å²) in [5.74, 6) is -0.138. The summed E-state index contributed by atoms with van der Waals surface area (Å²) in [7, 11) is 0. The topological polar surface area (TPSA) is 99.4 Å². The Morgan fingerprint density at radius 1 is 1.17 bits per heavy atom. The molecule has 1 amide bonds. The highest BCUT2D eigenvalue weighted by Crippen LogP contribution is 2.49. The number of pyridine rings is 1. The first kappa shape index (κ1) is 25.7. The molecular formula is C23H21ClF4N4O4. The van der Waals surface area contributed by atoms with Gasteiger partial charge in [0.25, 0.3) is 5.91 Å². The number of ether oxygens (including phenoxy) is 2. The lowest BCUT2D eigenvalue weighted by Gasteiger charge is -2.51. The van der Waals surface area contributed by atoms with Crippen LogP contribution in [-0.2, 0) is 23.0 Å². The molecule has 0 saturated heterocycles. The zero-order chi connectivity index (χ0) is 26.1. The van der Waals surface area contributed by atoms with Crippen LogP contribution in [-0.4, -0.2) is 33.2 Å². The van der Waals surface area contributed by atoms with Crippen LogP contribution in [0.1, 0.15) is 44.1 Å². The molecule has 13 heteroatoms. The second-order valence-electron chi connectivity index (χ2n) is 9.07. The van der Waals surface area contributed by atoms with E-state index in [-0.39, 0.29) is 41.5 Å². The molecule has 1 aromatic carbocycles. The third kappa shape index (κ3) is 5.86. The standard InChI is InChI=1S/C23H21ClF4N4O4/c1-21(11-22(2,12-21)31-19(33)10-35-13-3-5-15(24)16(25)7-13)20-30-18(32-36-20)9-34-14-4-6-17(29-8-14)23(26,27)28/h3-8H,9-12H2,1-2H3,(H,31,33). The summed E-state index contributed by atoms with van der Waals surface area (Å²) in [6.45, 7) is 3.36. The van der Waals surface area contributed by atoms with Gasteiger partial charge in [0, 0.05) is 11.6 Å². The Balaban J connectivity index is 1.26. The quantitative estimate of drug-likeness (QED) is 0.417. The van der Waals surface area contributed by atoms with Crippen LogP contribution in [0.3, 0.4) is 0 Å². The predicted molar refractivity (Wildman–Crippen MR) is 118 cm³/mol. The molecule has 0 bridgehead atoms. The van der Waals surface area contributed by atoms with E-state index in [0.717, 1.165) is 24.4 Å². The Hall–Kier alpha value is -3.41. The second kappa shape index (κ2) is 9.57. The fourth-order valence-electron chi connectivity index (χ4n) is 4.34. The predicted octanol–water partition coefficient (Wildman–Crippen LogP) is 4.86. The van der Waals surface area contributed by atoms with Crippen molar-refractivity contribution >= 4 is 17.5 Å². The second-order valence-corrected chi connectivity index (χ2v) is 9.48. The summed E-state index contributed by atoms with van der Waals surface area (Å²) in [4.78, 5) is 20.0. The molecule has 0 spiro atoms. The number of benzene rings is 1. The van der Waals surface area contributed by atoms with Crippen molar-refractivity contribution in [2.45, 2.75) is 50.4 Å². The first-order chi connectivity index (χ1) is 16.9. The van der Waals surface area contributed by atoms with Gasteiger partial charge in [-0.2, -0.15) is 18.2 Å². The Labute approximate surface area is 207 Å². The summed E-state index contributed by atoms with van der Waals surface area (Å²) in [6.07, 6.45) is -2.55. The minimum Gasteiger partial charge on any atom is -0.484 e. The number of carbonyl (C=O) groups excluding carboxylic acids is 1. The molecule has 2 heterocycles. The van der Waals surface area contributed by atoms with Gasteiger partial charge in [0.1, 0.15) is 23.0 Å². The third-order valence-electron chi connectivity index (χ3n) is 5.64. The van der Waals surface area contributed by atoms with Crippen LogP contribution in [0.4, 0.5) is 17.6 Å². The lowest BCUT2D eigenvalue weighted by atomic mass is 9.59. The molecule has 1 aliphatic rings. The Kier molecular flexibility index (Phi) is 6.82. The number of hydrogen-bond acceptors (Lipinski definition) is 7. The van der Waals surface area contributed by atoms with E-state index in [1.54, 1.807) is 0 Å². The van der Waals surface area contributed by atoms with Crippen molar-refractivity contribution in [2.24, 2.45) is 0 Å². The summed E-state index contributed by atoms with van der Waals surface area (Å²) >= 11 is 5.63. The number of halogens is 5. The molecule has 0 unspecified atom stereocenters. The van der Waals surface area contributed by atoms with Gasteiger partial charge >= 0.3 is 6.18 Å². The van der Waals surface area contributed by atoms with Crippen LogP contribution >= 0.6 is 11.6 Å². The fraction of sp³-hybridized carbons (Fsp3) is 0.391. The minimum absolute atomic E-state index is 0.0413. The number of alkyl halides is 3. The highest BCUT2D eigenvalue weighted by molar-refractivity contribution is 6.30. The SMILES string of the molecule is CC1(NC(=O)COc2ccc(Cl)c(F)c2)CC(C)(c2nc(COc3ccc(C(F)(F)F)nc3)no2)C1. The maximum atomic E-state index is 13.5. The molecule has 1 aliphatic carbocycles. The fourth-order valence-corrected chi connectivity index (χ4v) is 4.45. The molecule has 3 aromatic rings. The van der Waals surface area contributed by atoms with Crippen molar-refractivity contribution in [2.75, 3.05) is 6.61 Å². The van der Waals surface area contributed by atoms with Gasteiger partial charge in [-0.1, -0.05) is 23.7 Å². The summed E-state index contributed by atoms with van der Waals surface area (Å²) in [5.41, 5.74) is -2.06. The largest absolute Gasteiger partial charge is 0.484 e. The van der Waals surface area contributed by atoms with Gasteiger partial charge < -0.3 is 19.3 Å². The zero-order valence-corrected chi connectivity index (χ0v) is 19.9. The normalized spacial score (nSPS) is 21.5. The molecular weight excluding hydrogens is 508 g/mol. The molecule has 4 rings (SSSR count). The first-order valence-electron chi connectivity index (χ1n) is 10.7. The molecule has 1 saturated carbocycles. The smallest absolute Gasteiger partial charge is 0.433 e. The van der Waals surface area contributed by atoms with Gasteiger partial charge in [0.2, 0.25) is 11.7 Å². The number of amides is 1. The van der Waals surface area contributed by atoms with Crippen LogP contribution in [0.5, 0.6) is 11.5 Å². The molecule has 1 fully saturated rings. The third-order valence-corrected chi connectivity index (χ3v) is 5.95. The van der Waals surface area contributed by atoms with Crippen LogP contribution in [0, 0.1) is 5.82 Å². The van der Waals surface area contributed by atoms with Gasteiger partial charge in [-0.3, -0.25) is 4.79 Å². The number of nitrogens with one attached hydrogen (secondary N) is 1. The molecule has 1 N–H and O–H groups in total. The maximum absolute atomic E-state index is 13.5. The average molecular weight is 529 g/mol. The lowest BCUT2D eigenvalue weighted by Crippen LogP contribution is -2.61. The van der Waals surface area contributed by atoms with E-state index >= 15 is 0 Å².